The van der Waals surface area contributed by atoms with Gasteiger partial charge in [-0.05, 0) is 52.7 Å². The molecule has 2 aromatic rings. The van der Waals surface area contributed by atoms with Gasteiger partial charge in [0.15, 0.2) is 11.6 Å². The van der Waals surface area contributed by atoms with E-state index in [9.17, 15) is 17.6 Å². The fourth-order valence-electron chi connectivity index (χ4n) is 1.63. The van der Waals surface area contributed by atoms with Crippen LogP contribution in [0.2, 0.25) is 0 Å². The van der Waals surface area contributed by atoms with E-state index < -0.39 is 17.6 Å². The predicted molar refractivity (Wildman–Crippen MR) is 74.8 cm³/mol. The van der Waals surface area contributed by atoms with Crippen molar-refractivity contribution in [3.8, 4) is 11.5 Å². The first-order chi connectivity index (χ1) is 9.68. The molecule has 0 bridgehead atoms. The van der Waals surface area contributed by atoms with Crippen molar-refractivity contribution in [2.45, 2.75) is 13.1 Å². The highest BCUT2D eigenvalue weighted by Crippen LogP contribution is 2.37. The number of halogens is 5. The number of hydrogen-bond donors (Lipinski definition) is 1. The maximum Gasteiger partial charge on any atom is 0.416 e. The van der Waals surface area contributed by atoms with Gasteiger partial charge >= 0.3 is 6.18 Å². The molecule has 0 unspecified atom stereocenters. The second kappa shape index (κ2) is 5.55. The number of nitrogen functional groups attached to an aromatic ring is 1. The van der Waals surface area contributed by atoms with Crippen LogP contribution < -0.4 is 10.5 Å². The van der Waals surface area contributed by atoms with E-state index in [1.54, 1.807) is 6.92 Å². The third kappa shape index (κ3) is 3.47. The van der Waals surface area contributed by atoms with Gasteiger partial charge in [0.25, 0.3) is 0 Å². The summed E-state index contributed by atoms with van der Waals surface area (Å²) in [7, 11) is 0. The van der Waals surface area contributed by atoms with Crippen LogP contribution in [-0.2, 0) is 6.18 Å². The van der Waals surface area contributed by atoms with Crippen LogP contribution in [0.4, 0.5) is 23.2 Å². The van der Waals surface area contributed by atoms with Crippen LogP contribution in [0.1, 0.15) is 11.1 Å². The van der Waals surface area contributed by atoms with Crippen LogP contribution in [0.5, 0.6) is 11.5 Å². The van der Waals surface area contributed by atoms with Crippen molar-refractivity contribution in [2.24, 2.45) is 0 Å². The average molecular weight is 364 g/mol. The van der Waals surface area contributed by atoms with Crippen molar-refractivity contribution < 1.29 is 22.3 Å². The van der Waals surface area contributed by atoms with Crippen molar-refractivity contribution in [3.63, 3.8) is 0 Å². The maximum atomic E-state index is 13.7. The van der Waals surface area contributed by atoms with Gasteiger partial charge in [0, 0.05) is 11.8 Å². The number of hydrogen-bond acceptors (Lipinski definition) is 2. The lowest BCUT2D eigenvalue weighted by molar-refractivity contribution is -0.137. The smallest absolute Gasteiger partial charge is 0.416 e. The van der Waals surface area contributed by atoms with Crippen molar-refractivity contribution in [2.75, 3.05) is 5.73 Å². The van der Waals surface area contributed by atoms with E-state index in [2.05, 4.69) is 15.9 Å². The molecule has 7 heteroatoms. The molecule has 0 aliphatic carbocycles. The Morgan fingerprint density at radius 2 is 1.76 bits per heavy atom. The van der Waals surface area contributed by atoms with Gasteiger partial charge in [0.05, 0.1) is 10.0 Å². The summed E-state index contributed by atoms with van der Waals surface area (Å²) >= 11 is 2.98. The molecule has 0 atom stereocenters. The molecule has 21 heavy (non-hydrogen) atoms. The van der Waals surface area contributed by atoms with Crippen LogP contribution in [0, 0.1) is 12.7 Å². The largest absolute Gasteiger partial charge is 0.453 e. The van der Waals surface area contributed by atoms with E-state index in [1.807, 2.05) is 0 Å². The molecule has 112 valence electrons. The first kappa shape index (κ1) is 15.6. The lowest BCUT2D eigenvalue weighted by Gasteiger charge is -2.12. The zero-order chi connectivity index (χ0) is 15.8. The average Bonchev–Trinajstić information content (AvgIpc) is 2.36. The zero-order valence-corrected chi connectivity index (χ0v) is 12.3. The van der Waals surface area contributed by atoms with Gasteiger partial charge in [-0.3, -0.25) is 0 Å². The lowest BCUT2D eigenvalue weighted by Crippen LogP contribution is -2.04. The number of rotatable bonds is 2. The second-order valence-corrected chi connectivity index (χ2v) is 5.24. The van der Waals surface area contributed by atoms with E-state index in [0.717, 1.165) is 24.3 Å². The van der Waals surface area contributed by atoms with Crippen molar-refractivity contribution in [1.29, 1.82) is 0 Å². The number of nitrogens with two attached hydrogens (primary N) is 1. The number of ether oxygens (including phenoxy) is 1. The quantitative estimate of drug-likeness (QED) is 0.581. The number of anilines is 1. The molecule has 0 heterocycles. The summed E-state index contributed by atoms with van der Waals surface area (Å²) in [6.45, 7) is 1.67. The van der Waals surface area contributed by atoms with Crippen LogP contribution in [0.15, 0.2) is 34.8 Å². The summed E-state index contributed by atoms with van der Waals surface area (Å²) < 4.78 is 56.7. The van der Waals surface area contributed by atoms with E-state index in [1.165, 1.54) is 6.07 Å². The molecule has 0 saturated heterocycles. The van der Waals surface area contributed by atoms with Crippen molar-refractivity contribution in [1.82, 2.24) is 0 Å². The summed E-state index contributed by atoms with van der Waals surface area (Å²) in [6, 6.07) is 5.34. The van der Waals surface area contributed by atoms with Gasteiger partial charge in [0.2, 0.25) is 0 Å². The van der Waals surface area contributed by atoms with Crippen molar-refractivity contribution in [3.05, 3.63) is 51.7 Å². The Morgan fingerprint density at radius 3 is 2.33 bits per heavy atom. The second-order valence-electron chi connectivity index (χ2n) is 4.38. The number of benzene rings is 2. The summed E-state index contributed by atoms with van der Waals surface area (Å²) in [5.74, 6) is -0.724. The van der Waals surface area contributed by atoms with Crippen LogP contribution in [0.3, 0.4) is 0 Å². The summed E-state index contributed by atoms with van der Waals surface area (Å²) in [5, 5.41) is 0. The van der Waals surface area contributed by atoms with E-state index >= 15 is 0 Å². The topological polar surface area (TPSA) is 35.2 Å². The molecule has 2 rings (SSSR count). The third-order valence-electron chi connectivity index (χ3n) is 2.80. The minimum Gasteiger partial charge on any atom is -0.453 e. The normalized spacial score (nSPS) is 11.5. The number of aryl methyl sites for hydroxylation is 1. The van der Waals surface area contributed by atoms with Gasteiger partial charge in [-0.25, -0.2) is 4.39 Å². The summed E-state index contributed by atoms with van der Waals surface area (Å²) in [5.41, 5.74) is 5.60. The van der Waals surface area contributed by atoms with Gasteiger partial charge < -0.3 is 10.5 Å². The van der Waals surface area contributed by atoms with Crippen LogP contribution >= 0.6 is 15.9 Å². The first-order valence-corrected chi connectivity index (χ1v) is 6.58. The van der Waals surface area contributed by atoms with Crippen LogP contribution in [-0.4, -0.2) is 0 Å². The minimum atomic E-state index is -4.45. The van der Waals surface area contributed by atoms with Crippen molar-refractivity contribution >= 4 is 21.6 Å². The fourth-order valence-corrected chi connectivity index (χ4v) is 2.09. The highest BCUT2D eigenvalue weighted by molar-refractivity contribution is 9.10. The SMILES string of the molecule is Cc1cc(Oc2ccc(C(F)(F)F)cc2Br)c(F)cc1N. The highest BCUT2D eigenvalue weighted by Gasteiger charge is 2.31. The Labute approximate surface area is 126 Å². The third-order valence-corrected chi connectivity index (χ3v) is 3.42. The fraction of sp³-hybridized carbons (Fsp3) is 0.143. The summed E-state index contributed by atoms with van der Waals surface area (Å²) in [6.07, 6.45) is -4.45. The summed E-state index contributed by atoms with van der Waals surface area (Å²) in [4.78, 5) is 0. The molecule has 2 nitrogen and oxygen atoms in total. The van der Waals surface area contributed by atoms with Gasteiger partial charge in [-0.2, -0.15) is 13.2 Å². The Hall–Kier alpha value is -1.76. The molecule has 0 amide bonds. The van der Waals surface area contributed by atoms with Gasteiger partial charge in [0.1, 0.15) is 5.75 Å². The zero-order valence-electron chi connectivity index (χ0n) is 10.8. The standard InChI is InChI=1S/C14H10BrF4NO/c1-7-4-13(10(16)6-11(7)20)21-12-3-2-8(5-9(12)15)14(17,18)19/h2-6H,20H2,1H3. The Bertz CT molecular complexity index is 685. The first-order valence-electron chi connectivity index (χ1n) is 5.78. The molecule has 2 aromatic carbocycles. The Balaban J connectivity index is 2.35. The van der Waals surface area contributed by atoms with E-state index in [-0.39, 0.29) is 21.7 Å². The molecule has 0 saturated carbocycles. The molecule has 0 spiro atoms. The number of alkyl halides is 3. The van der Waals surface area contributed by atoms with E-state index in [0.29, 0.717) is 5.56 Å². The Kier molecular flexibility index (Phi) is 4.13. The molecular formula is C14H10BrF4NO. The Morgan fingerprint density at radius 1 is 1.10 bits per heavy atom. The molecule has 0 radical (unpaired) electrons. The van der Waals surface area contributed by atoms with Crippen LogP contribution in [0.25, 0.3) is 0 Å². The highest BCUT2D eigenvalue weighted by atomic mass is 79.9. The van der Waals surface area contributed by atoms with Gasteiger partial charge in [-0.1, -0.05) is 0 Å². The molecule has 0 aliphatic heterocycles. The lowest BCUT2D eigenvalue weighted by atomic mass is 10.2. The van der Waals surface area contributed by atoms with Gasteiger partial charge in [-0.15, -0.1) is 0 Å². The molecular weight excluding hydrogens is 354 g/mol. The molecule has 0 fully saturated rings. The minimum absolute atomic E-state index is 0.0751. The predicted octanol–water partition coefficient (Wildman–Crippen LogP) is 5.29. The molecule has 2 N–H and O–H groups in total. The monoisotopic (exact) mass is 363 g/mol. The maximum absolute atomic E-state index is 13.7. The van der Waals surface area contributed by atoms with E-state index in [4.69, 9.17) is 10.5 Å². The molecule has 0 aliphatic rings. The molecule has 0 aromatic heterocycles.